The average Bonchev–Trinajstić information content (AvgIpc) is 3.09. The lowest BCUT2D eigenvalue weighted by atomic mass is 10.1. The number of alkyl halides is 3. The van der Waals surface area contributed by atoms with Gasteiger partial charge in [-0.25, -0.2) is 0 Å². The van der Waals surface area contributed by atoms with E-state index < -0.39 is 22.0 Å². The van der Waals surface area contributed by atoms with Crippen LogP contribution < -0.4 is 4.74 Å². The quantitative estimate of drug-likeness (QED) is 0.244. The number of para-hydroxylation sites is 1. The second-order valence-corrected chi connectivity index (χ2v) is 6.94. The maximum absolute atomic E-state index is 12.3. The second-order valence-electron chi connectivity index (χ2n) is 5.47. The maximum atomic E-state index is 12.3. The Hall–Kier alpha value is -3.05. The van der Waals surface area contributed by atoms with Crippen molar-refractivity contribution in [2.45, 2.75) is 6.18 Å². The van der Waals surface area contributed by atoms with E-state index in [2.05, 4.69) is 28.3 Å². The molecule has 1 aromatic heterocycles. The molecule has 0 bridgehead atoms. The molecule has 0 saturated carbocycles. The number of rotatable bonds is 2. The van der Waals surface area contributed by atoms with E-state index in [4.69, 9.17) is 14.5 Å². The van der Waals surface area contributed by atoms with Crippen LogP contribution in [-0.2, 0) is 10.1 Å². The van der Waals surface area contributed by atoms with E-state index in [1.54, 1.807) is 0 Å². The largest absolute Gasteiger partial charge is 0.497 e. The molecule has 3 rings (SSSR count). The van der Waals surface area contributed by atoms with Gasteiger partial charge in [0.1, 0.15) is 5.75 Å². The zero-order chi connectivity index (χ0) is 22.1. The molecule has 3 aromatic rings. The number of H-pyrrole nitrogens is 1. The number of aromatic amines is 1. The predicted octanol–water partition coefficient (Wildman–Crippen LogP) is 4.11. The Labute approximate surface area is 165 Å². The lowest BCUT2D eigenvalue weighted by molar-refractivity contribution is -0.0601. The van der Waals surface area contributed by atoms with E-state index >= 15 is 0 Å². The third-order valence-electron chi connectivity index (χ3n) is 3.19. The number of hydrogen-bond donors (Lipinski definition) is 3. The Morgan fingerprint density at radius 3 is 2.07 bits per heavy atom. The van der Waals surface area contributed by atoms with Crippen LogP contribution in [0, 0.1) is 0 Å². The van der Waals surface area contributed by atoms with Crippen LogP contribution in [0.25, 0.3) is 10.9 Å². The van der Waals surface area contributed by atoms with Gasteiger partial charge in [-0.05, 0) is 41.8 Å². The van der Waals surface area contributed by atoms with E-state index in [-0.39, 0.29) is 5.56 Å². The highest BCUT2D eigenvalue weighted by Crippen LogP contribution is 2.23. The molecule has 0 aliphatic rings. The van der Waals surface area contributed by atoms with E-state index in [0.29, 0.717) is 12.0 Å². The molecule has 0 atom stereocenters. The molecule has 3 N–H and O–H groups in total. The number of halogens is 3. The molecule has 29 heavy (non-hydrogen) atoms. The number of aromatic nitrogens is 1. The first kappa shape index (κ1) is 24.0. The number of fused-ring (bicyclic) bond motifs is 1. The van der Waals surface area contributed by atoms with E-state index in [0.717, 1.165) is 0 Å². The molecule has 0 saturated heterocycles. The smallest absolute Gasteiger partial charge is 0.437 e. The van der Waals surface area contributed by atoms with Gasteiger partial charge in [0.05, 0.1) is 13.4 Å². The normalized spacial score (nSPS) is 11.7. The molecule has 0 aliphatic carbocycles. The molecule has 2 aromatic carbocycles. The first-order valence-corrected chi connectivity index (χ1v) is 9.68. The maximum Gasteiger partial charge on any atom is 0.437 e. The predicted molar refractivity (Wildman–Crippen MR) is 103 cm³/mol. The van der Waals surface area contributed by atoms with Crippen LogP contribution in [0.5, 0.6) is 5.75 Å². The molecule has 0 fully saturated rings. The second kappa shape index (κ2) is 10.5. The molecule has 7 nitrogen and oxygen atoms in total. The van der Waals surface area contributed by atoms with Gasteiger partial charge >= 0.3 is 6.18 Å². The van der Waals surface area contributed by atoms with Gasteiger partial charge in [-0.3, -0.25) is 4.55 Å². The highest BCUT2D eigenvalue weighted by molar-refractivity contribution is 7.85. The van der Waals surface area contributed by atoms with Crippen molar-refractivity contribution < 1.29 is 36.1 Å². The number of nitrogens with one attached hydrogen (secondary N) is 1. The van der Waals surface area contributed by atoms with Crippen molar-refractivity contribution in [1.82, 2.24) is 4.98 Å². The highest BCUT2D eigenvalue weighted by atomic mass is 32.2. The minimum atomic E-state index is -4.68. The van der Waals surface area contributed by atoms with Gasteiger partial charge in [-0.15, -0.1) is 0 Å². The summed E-state index contributed by atoms with van der Waals surface area (Å²) in [5, 5.41) is 11.8. The van der Waals surface area contributed by atoms with E-state index in [1.807, 2.05) is 18.3 Å². The Morgan fingerprint density at radius 1 is 1.07 bits per heavy atom. The monoisotopic (exact) mass is 432 g/mol. The fraction of sp³-hybridized carbons (Fsp3) is 0.167. The Balaban J connectivity index is 0.000000252. The molecular weight excluding hydrogens is 413 g/mol. The third kappa shape index (κ3) is 9.12. The molecule has 1 heterocycles. The summed E-state index contributed by atoms with van der Waals surface area (Å²) in [6.07, 6.45) is -2.01. The summed E-state index contributed by atoms with van der Waals surface area (Å²) in [5.41, 5.74) is -0.339. The van der Waals surface area contributed by atoms with Gasteiger partial charge in [-0.2, -0.15) is 21.6 Å². The summed E-state index contributed by atoms with van der Waals surface area (Å²) in [6.45, 7) is 0. The minimum Gasteiger partial charge on any atom is -0.497 e. The van der Waals surface area contributed by atoms with Gasteiger partial charge in [0, 0.05) is 17.3 Å². The fourth-order valence-electron chi connectivity index (χ4n) is 2.02. The zero-order valence-corrected chi connectivity index (χ0v) is 16.2. The van der Waals surface area contributed by atoms with Crippen molar-refractivity contribution in [1.29, 1.82) is 0 Å². The molecule has 0 aliphatic heterocycles. The van der Waals surface area contributed by atoms with E-state index in [1.165, 1.54) is 42.3 Å². The van der Waals surface area contributed by atoms with Crippen LogP contribution in [-0.4, -0.2) is 48.4 Å². The van der Waals surface area contributed by atoms with Crippen LogP contribution in [0.1, 0.15) is 5.56 Å². The summed E-state index contributed by atoms with van der Waals surface area (Å²) < 4.78 is 67.5. The van der Waals surface area contributed by atoms with Gasteiger partial charge < -0.3 is 14.9 Å². The van der Waals surface area contributed by atoms with Crippen LogP contribution in [0.3, 0.4) is 0 Å². The Kier molecular flexibility index (Phi) is 8.67. The number of oxime groups is 1. The fourth-order valence-corrected chi connectivity index (χ4v) is 2.02. The molecular formula is C18H19F3N2O5S. The van der Waals surface area contributed by atoms with Crippen LogP contribution in [0.2, 0.25) is 0 Å². The van der Waals surface area contributed by atoms with Crippen LogP contribution in [0.15, 0.2) is 65.9 Å². The number of benzene rings is 2. The Bertz CT molecular complexity index is 991. The van der Waals surface area contributed by atoms with Gasteiger partial charge in [0.25, 0.3) is 10.1 Å². The summed E-state index contributed by atoms with van der Waals surface area (Å²) in [7, 11) is -2.26. The first-order chi connectivity index (χ1) is 13.5. The summed E-state index contributed by atoms with van der Waals surface area (Å²) in [4.78, 5) is 3.12. The number of methoxy groups -OCH3 is 1. The van der Waals surface area contributed by atoms with Crippen LogP contribution in [0.4, 0.5) is 13.2 Å². The number of hydrogen-bond acceptors (Lipinski definition) is 5. The van der Waals surface area contributed by atoms with E-state index in [9.17, 15) is 21.6 Å². The summed E-state index contributed by atoms with van der Waals surface area (Å²) in [6, 6.07) is 15.3. The van der Waals surface area contributed by atoms with Crippen molar-refractivity contribution in [2.24, 2.45) is 5.16 Å². The standard InChI is InChI=1S/C9H8F3NO2.C8H7N.CH4O3S/c1-15-7-4-2-6(3-5-7)8(13-14)9(10,11)12;1-2-4-8-7(3-1)5-6-9-8;1-5(2,3)4/h2-5,14H,1H3;1-6,9H;1H3,(H,2,3,4). The third-order valence-corrected chi connectivity index (χ3v) is 3.19. The van der Waals surface area contributed by atoms with Crippen molar-refractivity contribution in [3.63, 3.8) is 0 Å². The summed E-state index contributed by atoms with van der Waals surface area (Å²) >= 11 is 0. The average molecular weight is 432 g/mol. The highest BCUT2D eigenvalue weighted by Gasteiger charge is 2.37. The van der Waals surface area contributed by atoms with Crippen molar-refractivity contribution in [3.8, 4) is 5.75 Å². The van der Waals surface area contributed by atoms with Crippen molar-refractivity contribution >= 4 is 26.7 Å². The lowest BCUT2D eigenvalue weighted by Gasteiger charge is -2.08. The molecule has 0 unspecified atom stereocenters. The SMILES string of the molecule is COc1ccc(C(=NO)C(F)(F)F)cc1.CS(=O)(=O)O.c1ccc2[nH]ccc2c1. The lowest BCUT2D eigenvalue weighted by Crippen LogP contribution is -2.23. The topological polar surface area (TPSA) is 112 Å². The van der Waals surface area contributed by atoms with Gasteiger partial charge in [0.2, 0.25) is 0 Å². The zero-order valence-electron chi connectivity index (χ0n) is 15.4. The first-order valence-electron chi connectivity index (χ1n) is 7.84. The molecule has 158 valence electrons. The Morgan fingerprint density at radius 2 is 1.62 bits per heavy atom. The number of nitrogens with zero attached hydrogens (tertiary/aromatic N) is 1. The summed E-state index contributed by atoms with van der Waals surface area (Å²) in [5.74, 6) is 0.429. The molecule has 0 amide bonds. The van der Waals surface area contributed by atoms with Crippen molar-refractivity contribution in [3.05, 3.63) is 66.4 Å². The molecule has 11 heteroatoms. The molecule has 0 spiro atoms. The molecule has 0 radical (unpaired) electrons. The minimum absolute atomic E-state index is 0.217. The van der Waals surface area contributed by atoms with Gasteiger partial charge in [0.15, 0.2) is 5.71 Å². The van der Waals surface area contributed by atoms with Gasteiger partial charge in [-0.1, -0.05) is 23.4 Å². The number of ether oxygens (including phenoxy) is 1. The van der Waals surface area contributed by atoms with Crippen molar-refractivity contribution in [2.75, 3.05) is 13.4 Å². The van der Waals surface area contributed by atoms with Crippen LogP contribution >= 0.6 is 0 Å².